The van der Waals surface area contributed by atoms with Crippen LogP contribution in [0.25, 0.3) is 0 Å². The number of rotatable bonds is 1. The summed E-state index contributed by atoms with van der Waals surface area (Å²) in [5.74, 6) is -0.440. The van der Waals surface area contributed by atoms with E-state index in [1.165, 1.54) is 18.2 Å². The number of amides is 1. The van der Waals surface area contributed by atoms with Crippen LogP contribution in [0.15, 0.2) is 23.1 Å². The van der Waals surface area contributed by atoms with Crippen molar-refractivity contribution in [2.75, 3.05) is 5.73 Å². The van der Waals surface area contributed by atoms with Crippen molar-refractivity contribution in [2.45, 2.75) is 23.8 Å². The van der Waals surface area contributed by atoms with Crippen molar-refractivity contribution in [1.29, 1.82) is 0 Å². The van der Waals surface area contributed by atoms with Gasteiger partial charge in [0.1, 0.15) is 4.90 Å². The second kappa shape index (κ2) is 2.76. The van der Waals surface area contributed by atoms with Crippen molar-refractivity contribution in [2.24, 2.45) is 0 Å². The summed E-state index contributed by atoms with van der Waals surface area (Å²) in [4.78, 5) is 12.0. The number of hydrogen-bond acceptors (Lipinski definition) is 4. The fraction of sp³-hybridized carbons (Fsp3) is 0.300. The van der Waals surface area contributed by atoms with Gasteiger partial charge in [-0.3, -0.25) is 4.79 Å². The molecule has 0 unspecified atom stereocenters. The second-order valence-electron chi connectivity index (χ2n) is 4.09. The molecule has 0 saturated heterocycles. The van der Waals surface area contributed by atoms with Crippen LogP contribution >= 0.6 is 0 Å². The van der Waals surface area contributed by atoms with Crippen LogP contribution in [0, 0.1) is 0 Å². The molecule has 1 aliphatic heterocycles. The fourth-order valence-electron chi connectivity index (χ4n) is 1.94. The topological polar surface area (TPSA) is 80.5 Å². The number of fused-ring (bicyclic) bond motifs is 1. The summed E-state index contributed by atoms with van der Waals surface area (Å²) < 4.78 is 25.1. The van der Waals surface area contributed by atoms with Gasteiger partial charge in [-0.1, -0.05) is 0 Å². The Hall–Kier alpha value is -1.56. The standard InChI is InChI=1S/C10H10N2O3S/c11-6-1-4-9-8(5-6)10(13)12(7-2-3-7)16(9,14)15/h1,4-5,7H,2-3,11H2. The van der Waals surface area contributed by atoms with Gasteiger partial charge >= 0.3 is 0 Å². The SMILES string of the molecule is Nc1ccc2c(c1)C(=O)N(C1CC1)S2(=O)=O. The lowest BCUT2D eigenvalue weighted by Gasteiger charge is -2.12. The first-order valence-electron chi connectivity index (χ1n) is 5.00. The van der Waals surface area contributed by atoms with Gasteiger partial charge in [0.2, 0.25) is 0 Å². The molecule has 2 N–H and O–H groups in total. The maximum absolute atomic E-state index is 12.1. The molecule has 1 aliphatic carbocycles. The number of hydrogen-bond donors (Lipinski definition) is 1. The smallest absolute Gasteiger partial charge is 0.269 e. The van der Waals surface area contributed by atoms with Crippen LogP contribution in [0.1, 0.15) is 23.2 Å². The number of anilines is 1. The molecule has 1 aromatic carbocycles. The molecule has 1 saturated carbocycles. The molecule has 1 fully saturated rings. The number of carbonyl (C=O) groups excluding carboxylic acids is 1. The fourth-order valence-corrected chi connectivity index (χ4v) is 3.74. The Balaban J connectivity index is 2.24. The monoisotopic (exact) mass is 238 g/mol. The molecule has 1 aromatic rings. The van der Waals surface area contributed by atoms with Crippen LogP contribution in [0.2, 0.25) is 0 Å². The summed E-state index contributed by atoms with van der Waals surface area (Å²) in [5.41, 5.74) is 6.16. The van der Waals surface area contributed by atoms with Gasteiger partial charge in [0.15, 0.2) is 0 Å². The van der Waals surface area contributed by atoms with Crippen molar-refractivity contribution >= 4 is 21.6 Å². The Morgan fingerprint density at radius 3 is 2.62 bits per heavy atom. The van der Waals surface area contributed by atoms with Crippen molar-refractivity contribution in [3.05, 3.63) is 23.8 Å². The van der Waals surface area contributed by atoms with E-state index in [0.29, 0.717) is 5.69 Å². The van der Waals surface area contributed by atoms with Crippen LogP contribution in [0.3, 0.4) is 0 Å². The van der Waals surface area contributed by atoms with Gasteiger partial charge in [0.25, 0.3) is 15.9 Å². The lowest BCUT2D eigenvalue weighted by molar-refractivity contribution is 0.0865. The van der Waals surface area contributed by atoms with Gasteiger partial charge in [0, 0.05) is 11.7 Å². The van der Waals surface area contributed by atoms with Crippen molar-refractivity contribution in [3.8, 4) is 0 Å². The van der Waals surface area contributed by atoms with Crippen molar-refractivity contribution in [3.63, 3.8) is 0 Å². The zero-order chi connectivity index (χ0) is 11.5. The third-order valence-corrected chi connectivity index (χ3v) is 4.74. The molecule has 0 atom stereocenters. The summed E-state index contributed by atoms with van der Waals surface area (Å²) in [6.45, 7) is 0. The Bertz CT molecular complexity index is 590. The van der Waals surface area contributed by atoms with Gasteiger partial charge in [-0.2, -0.15) is 0 Å². The number of nitrogens with zero attached hydrogens (tertiary/aromatic N) is 1. The first kappa shape index (κ1) is 9.65. The quantitative estimate of drug-likeness (QED) is 0.725. The number of sulfonamides is 1. The van der Waals surface area contributed by atoms with E-state index in [0.717, 1.165) is 17.1 Å². The maximum Gasteiger partial charge on any atom is 0.269 e. The number of carbonyl (C=O) groups is 1. The van der Waals surface area contributed by atoms with E-state index in [2.05, 4.69) is 0 Å². The summed E-state index contributed by atoms with van der Waals surface area (Å²) in [6.07, 6.45) is 1.52. The van der Waals surface area contributed by atoms with Crippen LogP contribution in [0.5, 0.6) is 0 Å². The van der Waals surface area contributed by atoms with E-state index < -0.39 is 15.9 Å². The van der Waals surface area contributed by atoms with Crippen LogP contribution in [0.4, 0.5) is 5.69 Å². The molecule has 3 rings (SSSR count). The number of benzene rings is 1. The molecule has 5 nitrogen and oxygen atoms in total. The number of nitrogen functional groups attached to an aromatic ring is 1. The molecule has 2 aliphatic rings. The number of nitrogens with two attached hydrogens (primary N) is 1. The normalized spacial score (nSPS) is 22.2. The highest BCUT2D eigenvalue weighted by Gasteiger charge is 2.48. The summed E-state index contributed by atoms with van der Waals surface area (Å²) in [6, 6.07) is 4.18. The van der Waals surface area contributed by atoms with E-state index in [9.17, 15) is 13.2 Å². The summed E-state index contributed by atoms with van der Waals surface area (Å²) in [7, 11) is -3.62. The molecular formula is C10H10N2O3S. The van der Waals surface area contributed by atoms with Gasteiger partial charge in [0.05, 0.1) is 5.56 Å². The molecule has 1 heterocycles. The van der Waals surface area contributed by atoms with Crippen LogP contribution < -0.4 is 5.73 Å². The molecule has 0 spiro atoms. The molecule has 6 heteroatoms. The predicted octanol–water partition coefficient (Wildman–Crippen LogP) is 0.576. The molecule has 84 valence electrons. The second-order valence-corrected chi connectivity index (χ2v) is 5.88. The van der Waals surface area contributed by atoms with Crippen LogP contribution in [-0.4, -0.2) is 24.7 Å². The van der Waals surface area contributed by atoms with E-state index >= 15 is 0 Å². The minimum atomic E-state index is -3.62. The van der Waals surface area contributed by atoms with E-state index in [1.54, 1.807) is 0 Å². The first-order chi connectivity index (χ1) is 7.51. The third-order valence-electron chi connectivity index (χ3n) is 2.85. The highest BCUT2D eigenvalue weighted by molar-refractivity contribution is 7.90. The Kier molecular flexibility index (Phi) is 1.67. The molecule has 0 bridgehead atoms. The zero-order valence-corrected chi connectivity index (χ0v) is 9.20. The average molecular weight is 238 g/mol. The Morgan fingerprint density at radius 1 is 1.31 bits per heavy atom. The Morgan fingerprint density at radius 2 is 2.00 bits per heavy atom. The van der Waals surface area contributed by atoms with E-state index in [-0.39, 0.29) is 16.5 Å². The molecule has 1 amide bonds. The largest absolute Gasteiger partial charge is 0.399 e. The van der Waals surface area contributed by atoms with Gasteiger partial charge in [-0.25, -0.2) is 12.7 Å². The highest BCUT2D eigenvalue weighted by Crippen LogP contribution is 2.39. The minimum absolute atomic E-state index is 0.0820. The first-order valence-corrected chi connectivity index (χ1v) is 6.44. The maximum atomic E-state index is 12.1. The van der Waals surface area contributed by atoms with Crippen LogP contribution in [-0.2, 0) is 10.0 Å². The lowest BCUT2D eigenvalue weighted by atomic mass is 10.2. The van der Waals surface area contributed by atoms with Gasteiger partial charge < -0.3 is 5.73 Å². The molecule has 0 radical (unpaired) electrons. The van der Waals surface area contributed by atoms with Crippen molar-refractivity contribution < 1.29 is 13.2 Å². The average Bonchev–Trinajstić information content (AvgIpc) is 2.98. The van der Waals surface area contributed by atoms with Gasteiger partial charge in [-0.15, -0.1) is 0 Å². The minimum Gasteiger partial charge on any atom is -0.399 e. The zero-order valence-electron chi connectivity index (χ0n) is 8.38. The lowest BCUT2D eigenvalue weighted by Crippen LogP contribution is -2.31. The summed E-state index contributed by atoms with van der Waals surface area (Å²) >= 11 is 0. The highest BCUT2D eigenvalue weighted by atomic mass is 32.2. The predicted molar refractivity (Wildman–Crippen MR) is 57.2 cm³/mol. The Labute approximate surface area is 92.9 Å². The summed E-state index contributed by atoms with van der Waals surface area (Å²) in [5, 5.41) is 0. The molecule has 0 aromatic heterocycles. The molecule has 16 heavy (non-hydrogen) atoms. The van der Waals surface area contributed by atoms with Crippen molar-refractivity contribution in [1.82, 2.24) is 4.31 Å². The third kappa shape index (κ3) is 1.10. The van der Waals surface area contributed by atoms with Gasteiger partial charge in [-0.05, 0) is 31.0 Å². The van der Waals surface area contributed by atoms with E-state index in [1.807, 2.05) is 0 Å². The molecular weight excluding hydrogens is 228 g/mol. The van der Waals surface area contributed by atoms with E-state index in [4.69, 9.17) is 5.73 Å².